The second kappa shape index (κ2) is 9.92. The summed E-state index contributed by atoms with van der Waals surface area (Å²) in [4.78, 5) is 16.7. The van der Waals surface area contributed by atoms with Gasteiger partial charge < -0.3 is 10.0 Å². The number of aromatic hydroxyl groups is 1. The van der Waals surface area contributed by atoms with E-state index in [1.54, 1.807) is 12.1 Å². The molecule has 4 aromatic rings. The summed E-state index contributed by atoms with van der Waals surface area (Å²) in [5.74, 6) is 0.451. The lowest BCUT2D eigenvalue weighted by Gasteiger charge is -2.37. The number of benzene rings is 3. The zero-order valence-electron chi connectivity index (χ0n) is 20.2. The summed E-state index contributed by atoms with van der Waals surface area (Å²) in [6.07, 6.45) is 2.03. The van der Waals surface area contributed by atoms with Gasteiger partial charge in [0.2, 0.25) is 5.78 Å². The topological polar surface area (TPSA) is 40.5 Å². The maximum Gasteiger partial charge on any atom is 0.203 e. The van der Waals surface area contributed by atoms with Gasteiger partial charge in [0.15, 0.2) is 0 Å². The first kappa shape index (κ1) is 23.7. The van der Waals surface area contributed by atoms with E-state index in [9.17, 15) is 14.3 Å². The molecule has 0 amide bonds. The predicted octanol–water partition coefficient (Wildman–Crippen LogP) is 6.96. The van der Waals surface area contributed by atoms with Crippen LogP contribution in [-0.2, 0) is 6.42 Å². The molecule has 5 heteroatoms. The van der Waals surface area contributed by atoms with Crippen molar-refractivity contribution in [1.82, 2.24) is 4.90 Å². The van der Waals surface area contributed by atoms with E-state index in [4.69, 9.17) is 0 Å². The second-order valence-electron chi connectivity index (χ2n) is 9.71. The van der Waals surface area contributed by atoms with E-state index in [-0.39, 0.29) is 24.1 Å². The van der Waals surface area contributed by atoms with Crippen LogP contribution in [0.3, 0.4) is 0 Å². The fourth-order valence-corrected chi connectivity index (χ4v) is 6.24. The predicted molar refractivity (Wildman–Crippen MR) is 143 cm³/mol. The Hall–Kier alpha value is -3.02. The van der Waals surface area contributed by atoms with E-state index in [0.29, 0.717) is 10.4 Å². The molecule has 0 unspecified atom stereocenters. The van der Waals surface area contributed by atoms with Crippen LogP contribution in [0.15, 0.2) is 60.7 Å². The van der Waals surface area contributed by atoms with Gasteiger partial charge in [-0.25, -0.2) is 0 Å². The lowest BCUT2D eigenvalue weighted by Crippen LogP contribution is -2.47. The van der Waals surface area contributed by atoms with Crippen LogP contribution < -0.4 is 0 Å². The lowest BCUT2D eigenvalue weighted by molar-refractivity contribution is 0.0801. The standard InChI is InChI=1S/C30H30FNO2S/c1-19-5-11-25(20(2)14-19)29(34)30-28(26-12-10-24(33)15-27(26)35-30)23-8-6-21(7-9-23)4-3-13-32-17-22(16-31)18-32/h5-12,14-15,22,33H,3-4,13,16-18H2,1-2H3. The van der Waals surface area contributed by atoms with Gasteiger partial charge in [0, 0.05) is 40.2 Å². The second-order valence-corrected chi connectivity index (χ2v) is 10.8. The summed E-state index contributed by atoms with van der Waals surface area (Å²) in [5.41, 5.74) is 6.01. The molecule has 1 fully saturated rings. The quantitative estimate of drug-likeness (QED) is 0.273. The Morgan fingerprint density at radius 2 is 1.83 bits per heavy atom. The zero-order chi connectivity index (χ0) is 24.5. The van der Waals surface area contributed by atoms with Crippen LogP contribution in [0.1, 0.15) is 38.3 Å². The van der Waals surface area contributed by atoms with E-state index in [1.165, 1.54) is 16.9 Å². The fraction of sp³-hybridized carbons (Fsp3) is 0.300. The molecule has 0 radical (unpaired) electrons. The van der Waals surface area contributed by atoms with Crippen LogP contribution in [0.25, 0.3) is 21.2 Å². The number of likely N-dealkylation sites (tertiary alicyclic amines) is 1. The van der Waals surface area contributed by atoms with E-state index < -0.39 is 0 Å². The first-order chi connectivity index (χ1) is 16.9. The molecule has 0 aliphatic carbocycles. The largest absolute Gasteiger partial charge is 0.508 e. The van der Waals surface area contributed by atoms with Crippen LogP contribution >= 0.6 is 11.3 Å². The Morgan fingerprint density at radius 1 is 1.06 bits per heavy atom. The van der Waals surface area contributed by atoms with Gasteiger partial charge >= 0.3 is 0 Å². The molecule has 1 aliphatic heterocycles. The number of halogens is 1. The van der Waals surface area contributed by atoms with Crippen molar-refractivity contribution in [2.45, 2.75) is 26.7 Å². The molecule has 1 aromatic heterocycles. The first-order valence-electron chi connectivity index (χ1n) is 12.2. The number of aryl methyl sites for hydroxylation is 3. The SMILES string of the molecule is Cc1ccc(C(=O)c2sc3cc(O)ccc3c2-c2ccc(CCCN3CC(CF)C3)cc2)c(C)c1. The molecule has 1 aliphatic rings. The number of ketones is 1. The minimum atomic E-state index is -0.206. The highest BCUT2D eigenvalue weighted by Crippen LogP contribution is 2.41. The summed E-state index contributed by atoms with van der Waals surface area (Å²) in [5, 5.41) is 11.0. The Bertz CT molecular complexity index is 1370. The molecule has 1 saturated heterocycles. The number of thiophene rings is 1. The molecular formula is C30H30FNO2S. The molecule has 0 bridgehead atoms. The number of nitrogens with zero attached hydrogens (tertiary/aromatic N) is 1. The van der Waals surface area contributed by atoms with Crippen molar-refractivity contribution in [3.8, 4) is 16.9 Å². The minimum absolute atomic E-state index is 0.0170. The Kier molecular flexibility index (Phi) is 6.72. The third kappa shape index (κ3) is 4.89. The summed E-state index contributed by atoms with van der Waals surface area (Å²) in [6, 6.07) is 19.7. The van der Waals surface area contributed by atoms with Crippen molar-refractivity contribution < 1.29 is 14.3 Å². The van der Waals surface area contributed by atoms with E-state index >= 15 is 0 Å². The number of carbonyl (C=O) groups is 1. The van der Waals surface area contributed by atoms with Crippen LogP contribution in [0.2, 0.25) is 0 Å². The zero-order valence-corrected chi connectivity index (χ0v) is 21.0. The highest BCUT2D eigenvalue weighted by Gasteiger charge is 2.25. The van der Waals surface area contributed by atoms with Crippen LogP contribution in [0.4, 0.5) is 4.39 Å². The van der Waals surface area contributed by atoms with Gasteiger partial charge in [-0.1, -0.05) is 48.0 Å². The Balaban J connectivity index is 1.42. The van der Waals surface area contributed by atoms with Crippen LogP contribution in [0.5, 0.6) is 5.75 Å². The molecule has 0 spiro atoms. The van der Waals surface area contributed by atoms with Gasteiger partial charge in [-0.2, -0.15) is 0 Å². The maximum atomic E-state index is 13.7. The monoisotopic (exact) mass is 487 g/mol. The van der Waals surface area contributed by atoms with E-state index in [1.807, 2.05) is 38.1 Å². The first-order valence-corrected chi connectivity index (χ1v) is 13.0. The average Bonchev–Trinajstić information content (AvgIpc) is 3.19. The Morgan fingerprint density at radius 3 is 2.54 bits per heavy atom. The molecule has 3 nitrogen and oxygen atoms in total. The number of phenols is 1. The van der Waals surface area contributed by atoms with Crippen molar-refractivity contribution >= 4 is 27.2 Å². The van der Waals surface area contributed by atoms with Gasteiger partial charge in [-0.05, 0) is 68.1 Å². The lowest BCUT2D eigenvalue weighted by atomic mass is 9.95. The maximum absolute atomic E-state index is 13.7. The Labute approximate surface area is 209 Å². The van der Waals surface area contributed by atoms with Crippen molar-refractivity contribution in [1.29, 1.82) is 0 Å². The van der Waals surface area contributed by atoms with Crippen molar-refractivity contribution in [3.05, 3.63) is 87.8 Å². The van der Waals surface area contributed by atoms with Crippen molar-refractivity contribution in [2.75, 3.05) is 26.3 Å². The van der Waals surface area contributed by atoms with Crippen LogP contribution in [0, 0.1) is 19.8 Å². The summed E-state index contributed by atoms with van der Waals surface area (Å²) < 4.78 is 13.5. The van der Waals surface area contributed by atoms with Gasteiger partial charge in [-0.3, -0.25) is 9.18 Å². The summed E-state index contributed by atoms with van der Waals surface area (Å²) >= 11 is 1.44. The number of rotatable bonds is 8. The minimum Gasteiger partial charge on any atom is -0.508 e. The fourth-order valence-electron chi connectivity index (χ4n) is 5.02. The number of alkyl halides is 1. The molecule has 0 atom stereocenters. The van der Waals surface area contributed by atoms with Crippen molar-refractivity contribution in [3.63, 3.8) is 0 Å². The highest BCUT2D eigenvalue weighted by atomic mass is 32.1. The van der Waals surface area contributed by atoms with Gasteiger partial charge in [0.1, 0.15) is 5.75 Å². The molecular weight excluding hydrogens is 457 g/mol. The van der Waals surface area contributed by atoms with Gasteiger partial charge in [-0.15, -0.1) is 11.3 Å². The third-order valence-corrected chi connectivity index (χ3v) is 8.09. The smallest absolute Gasteiger partial charge is 0.203 e. The van der Waals surface area contributed by atoms with Crippen molar-refractivity contribution in [2.24, 2.45) is 5.92 Å². The number of carbonyl (C=O) groups excluding carboxylic acids is 1. The molecule has 3 aromatic carbocycles. The number of hydrogen-bond acceptors (Lipinski definition) is 4. The molecule has 1 N–H and O–H groups in total. The van der Waals surface area contributed by atoms with E-state index in [2.05, 4.69) is 29.2 Å². The number of hydrogen-bond donors (Lipinski definition) is 1. The van der Waals surface area contributed by atoms with Gasteiger partial charge in [0.25, 0.3) is 0 Å². The summed E-state index contributed by atoms with van der Waals surface area (Å²) in [6.45, 7) is 6.57. The van der Waals surface area contributed by atoms with Gasteiger partial charge in [0.05, 0.1) is 11.6 Å². The molecule has 2 heterocycles. The highest BCUT2D eigenvalue weighted by molar-refractivity contribution is 7.21. The molecule has 0 saturated carbocycles. The molecule has 35 heavy (non-hydrogen) atoms. The number of phenolic OH excluding ortho intramolecular Hbond substituents is 1. The normalized spacial score (nSPS) is 14.4. The molecule has 180 valence electrons. The van der Waals surface area contributed by atoms with Crippen LogP contribution in [-0.4, -0.2) is 42.1 Å². The average molecular weight is 488 g/mol. The van der Waals surface area contributed by atoms with E-state index in [0.717, 1.165) is 64.8 Å². The third-order valence-electron chi connectivity index (χ3n) is 6.94. The summed E-state index contributed by atoms with van der Waals surface area (Å²) in [7, 11) is 0. The number of fused-ring (bicyclic) bond motifs is 1. The molecule has 5 rings (SSSR count).